The Bertz CT molecular complexity index is 731. The summed E-state index contributed by atoms with van der Waals surface area (Å²) >= 11 is 0. The lowest BCUT2D eigenvalue weighted by Gasteiger charge is -2.36. The Morgan fingerprint density at radius 1 is 1.17 bits per heavy atom. The summed E-state index contributed by atoms with van der Waals surface area (Å²) in [6.45, 7) is 2.84. The highest BCUT2D eigenvalue weighted by molar-refractivity contribution is 5.52. The first-order chi connectivity index (χ1) is 11.6. The number of anilines is 2. The molecule has 24 heavy (non-hydrogen) atoms. The van der Waals surface area contributed by atoms with E-state index in [1.54, 1.807) is 12.1 Å². The molecular formula is C16H17FN4O3. The third-order valence-corrected chi connectivity index (χ3v) is 4.05. The summed E-state index contributed by atoms with van der Waals surface area (Å²) in [5.41, 5.74) is 0.788. The van der Waals surface area contributed by atoms with E-state index in [-0.39, 0.29) is 17.3 Å². The number of piperazine rings is 1. The number of rotatable bonds is 4. The molecule has 1 fully saturated rings. The van der Waals surface area contributed by atoms with E-state index < -0.39 is 4.92 Å². The van der Waals surface area contributed by atoms with Gasteiger partial charge in [0, 0.05) is 44.0 Å². The van der Waals surface area contributed by atoms with Crippen molar-refractivity contribution >= 4 is 17.2 Å². The Morgan fingerprint density at radius 2 is 1.88 bits per heavy atom. The first-order valence-corrected chi connectivity index (χ1v) is 7.52. The minimum Gasteiger partial charge on any atom is -0.494 e. The molecule has 1 saturated heterocycles. The Hall–Kier alpha value is -2.90. The molecule has 1 aliphatic heterocycles. The molecule has 0 spiro atoms. The molecule has 2 heterocycles. The molecule has 0 aliphatic carbocycles. The lowest BCUT2D eigenvalue weighted by atomic mass is 10.2. The zero-order chi connectivity index (χ0) is 17.1. The summed E-state index contributed by atoms with van der Waals surface area (Å²) < 4.78 is 18.8. The Morgan fingerprint density at radius 3 is 2.42 bits per heavy atom. The molecule has 2 aromatic rings. The molecule has 1 aromatic carbocycles. The third-order valence-electron chi connectivity index (χ3n) is 4.05. The van der Waals surface area contributed by atoms with E-state index in [2.05, 4.69) is 14.8 Å². The van der Waals surface area contributed by atoms with Gasteiger partial charge in [0.1, 0.15) is 12.0 Å². The predicted molar refractivity (Wildman–Crippen MR) is 88.3 cm³/mol. The average molecular weight is 332 g/mol. The molecule has 0 unspecified atom stereocenters. The van der Waals surface area contributed by atoms with Crippen LogP contribution in [0.25, 0.3) is 0 Å². The number of nitrogens with zero attached hydrogens (tertiary/aromatic N) is 4. The average Bonchev–Trinajstić information content (AvgIpc) is 2.62. The molecular weight excluding hydrogens is 315 g/mol. The van der Waals surface area contributed by atoms with Crippen LogP contribution in [0.2, 0.25) is 0 Å². The number of ether oxygens (including phenoxy) is 1. The molecule has 3 rings (SSSR count). The van der Waals surface area contributed by atoms with Gasteiger partial charge in [-0.05, 0) is 18.2 Å². The number of nitro groups is 1. The molecule has 8 heteroatoms. The van der Waals surface area contributed by atoms with Crippen molar-refractivity contribution in [3.05, 3.63) is 52.5 Å². The number of hydrogen-bond acceptors (Lipinski definition) is 6. The van der Waals surface area contributed by atoms with Gasteiger partial charge in [-0.2, -0.15) is 0 Å². The summed E-state index contributed by atoms with van der Waals surface area (Å²) in [7, 11) is 1.44. The van der Waals surface area contributed by atoms with E-state index >= 15 is 0 Å². The maximum atomic E-state index is 13.8. The van der Waals surface area contributed by atoms with Crippen LogP contribution in [0.4, 0.5) is 21.6 Å². The highest BCUT2D eigenvalue weighted by Gasteiger charge is 2.20. The Balaban J connectivity index is 1.65. The van der Waals surface area contributed by atoms with Crippen LogP contribution >= 0.6 is 0 Å². The summed E-state index contributed by atoms with van der Waals surface area (Å²) in [6.07, 6.45) is 1.26. The zero-order valence-electron chi connectivity index (χ0n) is 13.2. The Kier molecular flexibility index (Phi) is 4.45. The molecule has 1 aromatic heterocycles. The number of hydrogen-bond donors (Lipinski definition) is 0. The number of methoxy groups -OCH3 is 1. The normalized spacial score (nSPS) is 14.6. The van der Waals surface area contributed by atoms with Crippen LogP contribution in [0.5, 0.6) is 5.75 Å². The minimum absolute atomic E-state index is 0.0221. The molecule has 1 aliphatic rings. The van der Waals surface area contributed by atoms with Crippen LogP contribution < -0.4 is 14.5 Å². The van der Waals surface area contributed by atoms with E-state index in [0.29, 0.717) is 32.0 Å². The molecule has 0 N–H and O–H groups in total. The first-order valence-electron chi connectivity index (χ1n) is 7.52. The van der Waals surface area contributed by atoms with Crippen LogP contribution in [-0.2, 0) is 0 Å². The highest BCUT2D eigenvalue weighted by atomic mass is 19.1. The van der Waals surface area contributed by atoms with Gasteiger partial charge in [0.05, 0.1) is 12.0 Å². The van der Waals surface area contributed by atoms with E-state index in [1.807, 2.05) is 6.07 Å². The molecule has 0 saturated carbocycles. The van der Waals surface area contributed by atoms with Gasteiger partial charge in [-0.25, -0.2) is 9.37 Å². The summed E-state index contributed by atoms with van der Waals surface area (Å²) in [5, 5.41) is 10.7. The number of benzene rings is 1. The van der Waals surface area contributed by atoms with Crippen molar-refractivity contribution in [2.75, 3.05) is 43.1 Å². The number of aromatic nitrogens is 1. The van der Waals surface area contributed by atoms with Crippen LogP contribution in [0.15, 0.2) is 36.5 Å². The number of halogens is 1. The standard InChI is InChI=1S/C16H17FN4O3/c1-24-15-4-2-12(10-14(15)17)19-6-8-20(9-7-19)16-5-3-13(11-18-16)21(22)23/h2-5,10-11H,6-9H2,1H3. The predicted octanol–water partition coefficient (Wildman–Crippen LogP) is 2.46. The number of pyridine rings is 1. The van der Waals surface area contributed by atoms with Crippen molar-refractivity contribution in [3.8, 4) is 5.75 Å². The fourth-order valence-electron chi connectivity index (χ4n) is 2.72. The third kappa shape index (κ3) is 3.22. The lowest BCUT2D eigenvalue weighted by Crippen LogP contribution is -2.46. The second-order valence-electron chi connectivity index (χ2n) is 5.42. The van der Waals surface area contributed by atoms with Crippen LogP contribution in [0, 0.1) is 15.9 Å². The van der Waals surface area contributed by atoms with Crippen molar-refractivity contribution < 1.29 is 14.1 Å². The van der Waals surface area contributed by atoms with Crippen molar-refractivity contribution in [2.24, 2.45) is 0 Å². The summed E-state index contributed by atoms with van der Waals surface area (Å²) in [4.78, 5) is 18.5. The summed E-state index contributed by atoms with van der Waals surface area (Å²) in [6, 6.07) is 8.03. The molecule has 0 bridgehead atoms. The first kappa shape index (κ1) is 16.0. The largest absolute Gasteiger partial charge is 0.494 e. The van der Waals surface area contributed by atoms with E-state index in [9.17, 15) is 14.5 Å². The SMILES string of the molecule is COc1ccc(N2CCN(c3ccc([N+](=O)[O-])cn3)CC2)cc1F. The van der Waals surface area contributed by atoms with Gasteiger partial charge in [-0.3, -0.25) is 10.1 Å². The van der Waals surface area contributed by atoms with Crippen LogP contribution in [0.3, 0.4) is 0 Å². The van der Waals surface area contributed by atoms with Crippen molar-refractivity contribution in [3.63, 3.8) is 0 Å². The fraction of sp³-hybridized carbons (Fsp3) is 0.312. The highest BCUT2D eigenvalue weighted by Crippen LogP contribution is 2.25. The molecule has 126 valence electrons. The maximum Gasteiger partial charge on any atom is 0.287 e. The monoisotopic (exact) mass is 332 g/mol. The van der Waals surface area contributed by atoms with Crippen LogP contribution in [-0.4, -0.2) is 43.2 Å². The van der Waals surface area contributed by atoms with Gasteiger partial charge in [0.15, 0.2) is 11.6 Å². The van der Waals surface area contributed by atoms with E-state index in [0.717, 1.165) is 5.69 Å². The van der Waals surface area contributed by atoms with E-state index in [1.165, 1.54) is 25.4 Å². The van der Waals surface area contributed by atoms with Crippen molar-refractivity contribution in [1.29, 1.82) is 0 Å². The van der Waals surface area contributed by atoms with Gasteiger partial charge in [-0.15, -0.1) is 0 Å². The van der Waals surface area contributed by atoms with Gasteiger partial charge < -0.3 is 14.5 Å². The summed E-state index contributed by atoms with van der Waals surface area (Å²) in [5.74, 6) is 0.558. The minimum atomic E-state index is -0.465. The topological polar surface area (TPSA) is 71.7 Å². The van der Waals surface area contributed by atoms with Crippen LogP contribution in [0.1, 0.15) is 0 Å². The van der Waals surface area contributed by atoms with Crippen molar-refractivity contribution in [1.82, 2.24) is 4.98 Å². The van der Waals surface area contributed by atoms with Gasteiger partial charge >= 0.3 is 0 Å². The van der Waals surface area contributed by atoms with Gasteiger partial charge in [-0.1, -0.05) is 0 Å². The molecule has 0 radical (unpaired) electrons. The fourth-order valence-corrected chi connectivity index (χ4v) is 2.72. The molecule has 7 nitrogen and oxygen atoms in total. The molecule has 0 amide bonds. The second kappa shape index (κ2) is 6.69. The molecule has 0 atom stereocenters. The lowest BCUT2D eigenvalue weighted by molar-refractivity contribution is -0.385. The van der Waals surface area contributed by atoms with E-state index in [4.69, 9.17) is 4.74 Å². The second-order valence-corrected chi connectivity index (χ2v) is 5.42. The van der Waals surface area contributed by atoms with Gasteiger partial charge in [0.25, 0.3) is 5.69 Å². The maximum absolute atomic E-state index is 13.8. The van der Waals surface area contributed by atoms with Gasteiger partial charge in [0.2, 0.25) is 0 Å². The van der Waals surface area contributed by atoms with Crippen molar-refractivity contribution in [2.45, 2.75) is 0 Å². The zero-order valence-corrected chi connectivity index (χ0v) is 13.2. The quantitative estimate of drug-likeness (QED) is 0.633. The Labute approximate surface area is 138 Å². The smallest absolute Gasteiger partial charge is 0.287 e.